The second-order valence-electron chi connectivity index (χ2n) is 10.5. The molecule has 7 nitrogen and oxygen atoms in total. The summed E-state index contributed by atoms with van der Waals surface area (Å²) in [5.41, 5.74) is 4.16. The van der Waals surface area contributed by atoms with Crippen molar-refractivity contribution in [1.29, 1.82) is 5.41 Å². The van der Waals surface area contributed by atoms with Gasteiger partial charge >= 0.3 is 12.2 Å². The molecule has 40 heavy (non-hydrogen) atoms. The van der Waals surface area contributed by atoms with Gasteiger partial charge < -0.3 is 10.4 Å². The third-order valence-electron chi connectivity index (χ3n) is 7.36. The molecule has 1 unspecified atom stereocenters. The molecule has 0 saturated heterocycles. The average Bonchev–Trinajstić information content (AvgIpc) is 3.28. The standard InChI is InChI=1S/C29H33ClF3N5O2/c1-3-19-7-9-20(10-8-19)26(34)37(14-13-29(31,32)33)27(40)35-17-24-23-11-12-28(2,18-39)16-25(23)38(36-24)22-6-4-5-21(30)15-22/h4-10,15,34,39H,3,11-14,16-18H2,1-2H3,(H,35,40). The molecule has 0 fully saturated rings. The first-order chi connectivity index (χ1) is 18.9. The third kappa shape index (κ3) is 6.85. The highest BCUT2D eigenvalue weighted by Gasteiger charge is 2.35. The summed E-state index contributed by atoms with van der Waals surface area (Å²) in [5.74, 6) is -0.311. The van der Waals surface area contributed by atoms with Crippen LogP contribution in [-0.4, -0.2) is 51.0 Å². The van der Waals surface area contributed by atoms with Crippen molar-refractivity contribution in [1.82, 2.24) is 20.0 Å². The van der Waals surface area contributed by atoms with Crippen LogP contribution in [0.25, 0.3) is 5.69 Å². The molecule has 0 bridgehead atoms. The molecule has 1 aliphatic rings. The number of carbonyl (C=O) groups excluding carboxylic acids is 1. The van der Waals surface area contributed by atoms with Crippen molar-refractivity contribution in [3.63, 3.8) is 0 Å². The maximum absolute atomic E-state index is 13.2. The van der Waals surface area contributed by atoms with Gasteiger partial charge in [0.25, 0.3) is 0 Å². The molecule has 2 aromatic carbocycles. The number of halogens is 4. The lowest BCUT2D eigenvalue weighted by Gasteiger charge is -2.32. The van der Waals surface area contributed by atoms with Crippen molar-refractivity contribution in [2.75, 3.05) is 13.2 Å². The zero-order valence-electron chi connectivity index (χ0n) is 22.5. The van der Waals surface area contributed by atoms with Crippen LogP contribution in [0.2, 0.25) is 5.02 Å². The first-order valence-electron chi connectivity index (χ1n) is 13.2. The zero-order chi connectivity index (χ0) is 29.1. The van der Waals surface area contributed by atoms with Crippen LogP contribution in [0.3, 0.4) is 0 Å². The number of nitrogens with one attached hydrogen (secondary N) is 2. The average molecular weight is 576 g/mol. The first kappa shape index (κ1) is 29.6. The minimum absolute atomic E-state index is 0.00868. The van der Waals surface area contributed by atoms with Gasteiger partial charge in [0.05, 0.1) is 24.3 Å². The van der Waals surface area contributed by atoms with Gasteiger partial charge in [-0.15, -0.1) is 0 Å². The molecule has 4 rings (SSSR count). The number of amidine groups is 1. The van der Waals surface area contributed by atoms with Gasteiger partial charge in [0.2, 0.25) is 0 Å². The van der Waals surface area contributed by atoms with Gasteiger partial charge in [-0.25, -0.2) is 9.48 Å². The molecule has 1 aromatic heterocycles. The molecule has 3 N–H and O–H groups in total. The largest absolute Gasteiger partial charge is 0.396 e. The number of aliphatic hydroxyl groups excluding tert-OH is 1. The Bertz CT molecular complexity index is 1370. The number of amides is 2. The number of hydrogen-bond acceptors (Lipinski definition) is 4. The van der Waals surface area contributed by atoms with E-state index in [1.807, 2.05) is 19.9 Å². The number of fused-ring (bicyclic) bond motifs is 1. The quantitative estimate of drug-likeness (QED) is 0.225. The number of rotatable bonds is 8. The normalized spacial score (nSPS) is 16.9. The van der Waals surface area contributed by atoms with Gasteiger partial charge in [0.15, 0.2) is 0 Å². The SMILES string of the molecule is CCc1ccc(C(=N)N(CCC(F)(F)F)C(=O)NCc2nn(-c3cccc(Cl)c3)c3c2CCC(C)(CO)C3)cc1. The van der Waals surface area contributed by atoms with Crippen molar-refractivity contribution in [2.45, 2.75) is 58.7 Å². The highest BCUT2D eigenvalue weighted by molar-refractivity contribution is 6.30. The molecule has 0 spiro atoms. The highest BCUT2D eigenvalue weighted by Crippen LogP contribution is 2.37. The van der Waals surface area contributed by atoms with Crippen molar-refractivity contribution < 1.29 is 23.1 Å². The van der Waals surface area contributed by atoms with E-state index in [9.17, 15) is 23.1 Å². The Morgan fingerprint density at radius 2 is 1.98 bits per heavy atom. The number of alkyl halides is 3. The number of aliphatic hydroxyl groups is 1. The predicted molar refractivity (Wildman–Crippen MR) is 148 cm³/mol. The number of urea groups is 1. The summed E-state index contributed by atoms with van der Waals surface area (Å²) in [6, 6.07) is 13.2. The molecule has 1 aliphatic carbocycles. The van der Waals surface area contributed by atoms with Crippen LogP contribution in [0.4, 0.5) is 18.0 Å². The smallest absolute Gasteiger partial charge is 0.390 e. The summed E-state index contributed by atoms with van der Waals surface area (Å²) >= 11 is 6.22. The topological polar surface area (TPSA) is 94.2 Å². The van der Waals surface area contributed by atoms with E-state index in [2.05, 4.69) is 5.32 Å². The highest BCUT2D eigenvalue weighted by atomic mass is 35.5. The third-order valence-corrected chi connectivity index (χ3v) is 7.59. The lowest BCUT2D eigenvalue weighted by Crippen LogP contribution is -2.45. The van der Waals surface area contributed by atoms with E-state index in [-0.39, 0.29) is 24.4 Å². The minimum Gasteiger partial charge on any atom is -0.396 e. The Morgan fingerprint density at radius 3 is 2.60 bits per heavy atom. The molecule has 1 atom stereocenters. The Morgan fingerprint density at radius 1 is 1.25 bits per heavy atom. The molecule has 3 aromatic rings. The number of benzene rings is 2. The van der Waals surface area contributed by atoms with Crippen LogP contribution < -0.4 is 5.32 Å². The number of aryl methyl sites for hydroxylation is 1. The van der Waals surface area contributed by atoms with E-state index >= 15 is 0 Å². The van der Waals surface area contributed by atoms with Crippen LogP contribution in [0.15, 0.2) is 48.5 Å². The number of hydrogen-bond donors (Lipinski definition) is 3. The maximum Gasteiger partial charge on any atom is 0.390 e. The second kappa shape index (κ2) is 12.0. The number of nitrogens with zero attached hydrogens (tertiary/aromatic N) is 3. The minimum atomic E-state index is -4.49. The lowest BCUT2D eigenvalue weighted by atomic mass is 9.75. The molecule has 214 valence electrons. The van der Waals surface area contributed by atoms with Gasteiger partial charge in [-0.2, -0.15) is 18.3 Å². The monoisotopic (exact) mass is 575 g/mol. The van der Waals surface area contributed by atoms with Gasteiger partial charge in [0, 0.05) is 29.4 Å². The van der Waals surface area contributed by atoms with Crippen molar-refractivity contribution in [2.24, 2.45) is 5.41 Å². The fraction of sp³-hybridized carbons (Fsp3) is 0.414. The Labute approximate surface area is 236 Å². The molecule has 0 radical (unpaired) electrons. The summed E-state index contributed by atoms with van der Waals surface area (Å²) in [6.45, 7) is 3.27. The van der Waals surface area contributed by atoms with Crippen LogP contribution in [-0.2, 0) is 25.8 Å². The predicted octanol–water partition coefficient (Wildman–Crippen LogP) is 6.06. The number of aromatic nitrogens is 2. The fourth-order valence-electron chi connectivity index (χ4n) is 4.89. The lowest BCUT2D eigenvalue weighted by molar-refractivity contribution is -0.135. The van der Waals surface area contributed by atoms with E-state index in [1.54, 1.807) is 47.1 Å². The molecule has 0 aliphatic heterocycles. The van der Waals surface area contributed by atoms with Crippen LogP contribution in [0.1, 0.15) is 54.8 Å². The van der Waals surface area contributed by atoms with E-state index in [1.165, 1.54) is 0 Å². The van der Waals surface area contributed by atoms with Crippen LogP contribution in [0, 0.1) is 10.8 Å². The molecule has 1 heterocycles. The maximum atomic E-state index is 13.2. The Kier molecular flexibility index (Phi) is 8.90. The fourth-order valence-corrected chi connectivity index (χ4v) is 5.07. The first-order valence-corrected chi connectivity index (χ1v) is 13.6. The van der Waals surface area contributed by atoms with Gasteiger partial charge in [-0.1, -0.05) is 55.8 Å². The van der Waals surface area contributed by atoms with Crippen molar-refractivity contribution in [3.05, 3.63) is 81.6 Å². The van der Waals surface area contributed by atoms with Gasteiger partial charge in [-0.3, -0.25) is 10.3 Å². The Balaban J connectivity index is 1.60. The van der Waals surface area contributed by atoms with Crippen molar-refractivity contribution >= 4 is 23.5 Å². The second-order valence-corrected chi connectivity index (χ2v) is 10.9. The molecule has 11 heteroatoms. The molecule has 2 amide bonds. The summed E-state index contributed by atoms with van der Waals surface area (Å²) in [4.78, 5) is 14.0. The van der Waals surface area contributed by atoms with Gasteiger partial charge in [-0.05, 0) is 60.4 Å². The van der Waals surface area contributed by atoms with Crippen molar-refractivity contribution in [3.8, 4) is 5.69 Å². The van der Waals surface area contributed by atoms with Crippen LogP contribution >= 0.6 is 11.6 Å². The van der Waals surface area contributed by atoms with E-state index in [0.29, 0.717) is 29.1 Å². The molecular formula is C29H33ClF3N5O2. The van der Waals surface area contributed by atoms with Gasteiger partial charge in [0.1, 0.15) is 5.84 Å². The number of carbonyl (C=O) groups is 1. The van der Waals surface area contributed by atoms with E-state index in [0.717, 1.165) is 40.2 Å². The zero-order valence-corrected chi connectivity index (χ0v) is 23.2. The summed E-state index contributed by atoms with van der Waals surface area (Å²) < 4.78 is 41.1. The molecule has 0 saturated carbocycles. The Hall–Kier alpha value is -3.37. The van der Waals surface area contributed by atoms with Crippen LogP contribution in [0.5, 0.6) is 0 Å². The van der Waals surface area contributed by atoms with E-state index < -0.39 is 25.2 Å². The molecular weight excluding hydrogens is 543 g/mol. The van der Waals surface area contributed by atoms with E-state index in [4.69, 9.17) is 22.1 Å². The summed E-state index contributed by atoms with van der Waals surface area (Å²) in [5, 5.41) is 26.5. The summed E-state index contributed by atoms with van der Waals surface area (Å²) in [6.07, 6.45) is -3.06. The summed E-state index contributed by atoms with van der Waals surface area (Å²) in [7, 11) is 0.